The summed E-state index contributed by atoms with van der Waals surface area (Å²) >= 11 is 0. The lowest BCUT2D eigenvalue weighted by atomic mass is 10.0. The van der Waals surface area contributed by atoms with Crippen LogP contribution in [0, 0.1) is 0 Å². The summed E-state index contributed by atoms with van der Waals surface area (Å²) in [6.45, 7) is 0. The molecule has 7 rings (SSSR count). The van der Waals surface area contributed by atoms with Crippen LogP contribution in [0.25, 0.3) is 55.3 Å². The summed E-state index contributed by atoms with van der Waals surface area (Å²) in [7, 11) is 0. The van der Waals surface area contributed by atoms with Gasteiger partial charge in [-0.25, -0.2) is 0 Å². The van der Waals surface area contributed by atoms with E-state index in [9.17, 15) is 0 Å². The SMILES string of the molecule is c1ccc(-n2nc3ccc(-c4ccc(-n5c6ccccc6c6ccccc65)cc4)cc3n2)cc1. The third-order valence-corrected chi connectivity index (χ3v) is 6.41. The summed E-state index contributed by atoms with van der Waals surface area (Å²) in [4.78, 5) is 1.69. The fraction of sp³-hybridized carbons (Fsp3) is 0. The number of hydrogen-bond acceptors (Lipinski definition) is 2. The van der Waals surface area contributed by atoms with Crippen LogP contribution in [0.2, 0.25) is 0 Å². The highest BCUT2D eigenvalue weighted by Gasteiger charge is 2.12. The Kier molecular flexibility index (Phi) is 4.11. The third-order valence-electron chi connectivity index (χ3n) is 6.41. The molecule has 0 aliphatic carbocycles. The van der Waals surface area contributed by atoms with Gasteiger partial charge in [-0.15, -0.1) is 10.2 Å². The first-order valence-corrected chi connectivity index (χ1v) is 11.4. The summed E-state index contributed by atoms with van der Waals surface area (Å²) in [5.41, 5.74) is 8.59. The maximum Gasteiger partial charge on any atom is 0.114 e. The van der Waals surface area contributed by atoms with Crippen LogP contribution in [0.3, 0.4) is 0 Å². The Morgan fingerprint density at radius 2 is 1.03 bits per heavy atom. The van der Waals surface area contributed by atoms with E-state index < -0.39 is 0 Å². The van der Waals surface area contributed by atoms with Gasteiger partial charge in [0, 0.05) is 16.5 Å². The molecule has 5 aromatic carbocycles. The predicted octanol–water partition coefficient (Wildman–Crippen LogP) is 7.18. The Labute approximate surface area is 196 Å². The summed E-state index contributed by atoms with van der Waals surface area (Å²) in [5.74, 6) is 0. The summed E-state index contributed by atoms with van der Waals surface area (Å²) in [6.07, 6.45) is 0. The van der Waals surface area contributed by atoms with Gasteiger partial charge < -0.3 is 4.57 Å². The number of rotatable bonds is 3. The van der Waals surface area contributed by atoms with Gasteiger partial charge in [-0.1, -0.05) is 72.8 Å². The lowest BCUT2D eigenvalue weighted by molar-refractivity contribution is 0.766. The zero-order chi connectivity index (χ0) is 22.5. The van der Waals surface area contributed by atoms with Crippen molar-refractivity contribution in [1.29, 1.82) is 0 Å². The average molecular weight is 437 g/mol. The molecule has 0 aliphatic rings. The first-order valence-electron chi connectivity index (χ1n) is 11.4. The maximum absolute atomic E-state index is 4.70. The fourth-order valence-corrected chi connectivity index (χ4v) is 4.77. The molecule has 0 unspecified atom stereocenters. The van der Waals surface area contributed by atoms with E-state index in [-0.39, 0.29) is 0 Å². The van der Waals surface area contributed by atoms with Gasteiger partial charge in [0.25, 0.3) is 0 Å². The highest BCUT2D eigenvalue weighted by Crippen LogP contribution is 2.32. The van der Waals surface area contributed by atoms with E-state index in [4.69, 9.17) is 5.10 Å². The van der Waals surface area contributed by atoms with Crippen LogP contribution in [0.1, 0.15) is 0 Å². The number of benzene rings is 5. The summed E-state index contributed by atoms with van der Waals surface area (Å²) in [5, 5.41) is 11.9. The molecule has 0 bridgehead atoms. The molecule has 0 atom stereocenters. The van der Waals surface area contributed by atoms with Crippen LogP contribution in [-0.4, -0.2) is 19.6 Å². The van der Waals surface area contributed by atoms with Gasteiger partial charge in [-0.3, -0.25) is 0 Å². The zero-order valence-corrected chi connectivity index (χ0v) is 18.3. The second-order valence-electron chi connectivity index (χ2n) is 8.45. The van der Waals surface area contributed by atoms with Gasteiger partial charge >= 0.3 is 0 Å². The molecule has 0 N–H and O–H groups in total. The van der Waals surface area contributed by atoms with Gasteiger partial charge in [0.05, 0.1) is 16.7 Å². The highest BCUT2D eigenvalue weighted by molar-refractivity contribution is 6.09. The molecular weight excluding hydrogens is 416 g/mol. The van der Waals surface area contributed by atoms with E-state index in [1.54, 1.807) is 4.80 Å². The van der Waals surface area contributed by atoms with E-state index in [0.717, 1.165) is 33.5 Å². The molecule has 0 aliphatic heterocycles. The minimum atomic E-state index is 0.882. The molecule has 2 heterocycles. The number of hydrogen-bond donors (Lipinski definition) is 0. The van der Waals surface area contributed by atoms with Gasteiger partial charge in [0.15, 0.2) is 0 Å². The van der Waals surface area contributed by atoms with Crippen molar-refractivity contribution in [3.05, 3.63) is 121 Å². The average Bonchev–Trinajstić information content (AvgIpc) is 3.48. The Morgan fingerprint density at radius 3 is 1.74 bits per heavy atom. The zero-order valence-electron chi connectivity index (χ0n) is 18.3. The van der Waals surface area contributed by atoms with Crippen LogP contribution >= 0.6 is 0 Å². The van der Waals surface area contributed by atoms with Crippen molar-refractivity contribution >= 4 is 32.8 Å². The summed E-state index contributed by atoms with van der Waals surface area (Å²) in [6, 6.07) is 42.2. The number of para-hydroxylation sites is 3. The normalized spacial score (nSPS) is 11.5. The standard InChI is InChI=1S/C30H20N4/c1-2-8-24(9-3-1)34-31-27-19-16-22(20-28(27)32-34)21-14-17-23(18-15-21)33-29-12-6-4-10-25(29)26-11-5-7-13-30(26)33/h1-20H. The van der Waals surface area contributed by atoms with Crippen molar-refractivity contribution in [2.45, 2.75) is 0 Å². The topological polar surface area (TPSA) is 35.6 Å². The number of nitrogens with zero attached hydrogens (tertiary/aromatic N) is 4. The van der Waals surface area contributed by atoms with Crippen LogP contribution in [0.5, 0.6) is 0 Å². The van der Waals surface area contributed by atoms with Crippen molar-refractivity contribution in [2.75, 3.05) is 0 Å². The van der Waals surface area contributed by atoms with Crippen molar-refractivity contribution < 1.29 is 0 Å². The fourth-order valence-electron chi connectivity index (χ4n) is 4.77. The summed E-state index contributed by atoms with van der Waals surface area (Å²) < 4.78 is 2.34. The molecule has 0 spiro atoms. The van der Waals surface area contributed by atoms with E-state index in [0.29, 0.717) is 0 Å². The molecule has 4 nitrogen and oxygen atoms in total. The molecule has 2 aromatic heterocycles. The molecule has 0 fully saturated rings. The van der Waals surface area contributed by atoms with Crippen molar-refractivity contribution in [2.24, 2.45) is 0 Å². The van der Waals surface area contributed by atoms with Crippen molar-refractivity contribution in [3.63, 3.8) is 0 Å². The van der Waals surface area contributed by atoms with Crippen LogP contribution < -0.4 is 0 Å². The third kappa shape index (κ3) is 2.93. The Morgan fingerprint density at radius 1 is 0.441 bits per heavy atom. The number of fused-ring (bicyclic) bond motifs is 4. The van der Waals surface area contributed by atoms with Crippen molar-refractivity contribution in [1.82, 2.24) is 19.6 Å². The first kappa shape index (κ1) is 18.8. The first-order chi connectivity index (χ1) is 16.8. The van der Waals surface area contributed by atoms with E-state index in [1.165, 1.54) is 21.8 Å². The largest absolute Gasteiger partial charge is 0.309 e. The van der Waals surface area contributed by atoms with Gasteiger partial charge in [0.2, 0.25) is 0 Å². The Bertz CT molecular complexity index is 1740. The number of aromatic nitrogens is 4. The molecule has 0 amide bonds. The predicted molar refractivity (Wildman–Crippen MR) is 139 cm³/mol. The minimum absolute atomic E-state index is 0.882. The minimum Gasteiger partial charge on any atom is -0.309 e. The van der Waals surface area contributed by atoms with E-state index >= 15 is 0 Å². The molecule has 0 radical (unpaired) electrons. The maximum atomic E-state index is 4.70. The van der Waals surface area contributed by atoms with Crippen molar-refractivity contribution in [3.8, 4) is 22.5 Å². The Hall–Kier alpha value is -4.70. The molecule has 160 valence electrons. The van der Waals surface area contributed by atoms with E-state index in [2.05, 4.69) is 94.6 Å². The second kappa shape index (κ2) is 7.42. The monoisotopic (exact) mass is 436 g/mol. The van der Waals surface area contributed by atoms with E-state index in [1.807, 2.05) is 36.4 Å². The molecule has 7 aromatic rings. The molecular formula is C30H20N4. The molecule has 4 heteroatoms. The molecule has 0 saturated heterocycles. The van der Waals surface area contributed by atoms with Gasteiger partial charge in [-0.2, -0.15) is 4.80 Å². The van der Waals surface area contributed by atoms with Crippen LogP contribution in [-0.2, 0) is 0 Å². The lowest BCUT2D eigenvalue weighted by Crippen LogP contribution is -1.97. The Balaban J connectivity index is 1.30. The lowest BCUT2D eigenvalue weighted by Gasteiger charge is -2.09. The highest BCUT2D eigenvalue weighted by atomic mass is 15.5. The van der Waals surface area contributed by atoms with Crippen LogP contribution in [0.15, 0.2) is 121 Å². The smallest absolute Gasteiger partial charge is 0.114 e. The molecule has 0 saturated carbocycles. The molecule has 34 heavy (non-hydrogen) atoms. The van der Waals surface area contributed by atoms with Crippen LogP contribution in [0.4, 0.5) is 0 Å². The van der Waals surface area contributed by atoms with Gasteiger partial charge in [0.1, 0.15) is 11.0 Å². The quantitative estimate of drug-likeness (QED) is 0.294. The van der Waals surface area contributed by atoms with Gasteiger partial charge in [-0.05, 0) is 59.7 Å². The second-order valence-corrected chi connectivity index (χ2v) is 8.45.